The van der Waals surface area contributed by atoms with Crippen LogP contribution in [0.2, 0.25) is 0 Å². The Morgan fingerprint density at radius 2 is 2.10 bits per heavy atom. The summed E-state index contributed by atoms with van der Waals surface area (Å²) in [5.74, 6) is -0.143. The van der Waals surface area contributed by atoms with Crippen LogP contribution in [0.25, 0.3) is 6.08 Å². The summed E-state index contributed by atoms with van der Waals surface area (Å²) in [6.07, 6.45) is 7.78. The number of carbonyl (C=O) groups is 1. The van der Waals surface area contributed by atoms with Crippen LogP contribution in [0.4, 0.5) is 0 Å². The molecule has 0 bridgehead atoms. The molecule has 2 atom stereocenters. The van der Waals surface area contributed by atoms with Crippen molar-refractivity contribution in [1.29, 1.82) is 0 Å². The third-order valence-corrected chi connectivity index (χ3v) is 4.08. The maximum Gasteiger partial charge on any atom is 0.244 e. The van der Waals surface area contributed by atoms with E-state index in [-0.39, 0.29) is 11.9 Å². The number of rotatable bonds is 3. The molecule has 1 fully saturated rings. The number of benzene rings is 1. The summed E-state index contributed by atoms with van der Waals surface area (Å²) in [6, 6.07) is 7.65. The third-order valence-electron chi connectivity index (χ3n) is 3.58. The minimum absolute atomic E-state index is 0.114. The van der Waals surface area contributed by atoms with Gasteiger partial charge in [0.15, 0.2) is 0 Å². The molecule has 20 heavy (non-hydrogen) atoms. The highest BCUT2D eigenvalue weighted by atomic mass is 79.9. The molecule has 1 saturated carbocycles. The van der Waals surface area contributed by atoms with Gasteiger partial charge in [0, 0.05) is 10.5 Å². The number of hydrogen-bond acceptors (Lipinski definition) is 2. The van der Waals surface area contributed by atoms with Crippen molar-refractivity contribution < 1.29 is 9.90 Å². The molecule has 2 N–H and O–H groups in total. The highest BCUT2D eigenvalue weighted by molar-refractivity contribution is 9.10. The fraction of sp³-hybridized carbons (Fsp3) is 0.438. The molecule has 0 aromatic heterocycles. The van der Waals surface area contributed by atoms with E-state index in [1.165, 1.54) is 6.08 Å². The van der Waals surface area contributed by atoms with E-state index in [0.29, 0.717) is 0 Å². The van der Waals surface area contributed by atoms with Gasteiger partial charge in [-0.25, -0.2) is 0 Å². The van der Waals surface area contributed by atoms with Gasteiger partial charge in [0.05, 0.1) is 12.1 Å². The van der Waals surface area contributed by atoms with Gasteiger partial charge < -0.3 is 10.4 Å². The zero-order valence-electron chi connectivity index (χ0n) is 11.4. The first kappa shape index (κ1) is 15.3. The van der Waals surface area contributed by atoms with Crippen LogP contribution in [-0.2, 0) is 4.79 Å². The van der Waals surface area contributed by atoms with E-state index in [1.54, 1.807) is 6.08 Å². The minimum atomic E-state index is -0.416. The van der Waals surface area contributed by atoms with Crippen molar-refractivity contribution in [3.63, 3.8) is 0 Å². The predicted octanol–water partition coefficient (Wildman–Crippen LogP) is 3.27. The minimum Gasteiger partial charge on any atom is -0.391 e. The Morgan fingerprint density at radius 3 is 2.90 bits per heavy atom. The lowest BCUT2D eigenvalue weighted by Gasteiger charge is -2.20. The molecule has 0 saturated heterocycles. The molecule has 0 aliphatic heterocycles. The topological polar surface area (TPSA) is 49.3 Å². The van der Waals surface area contributed by atoms with Crippen LogP contribution in [0.1, 0.15) is 37.7 Å². The second-order valence-corrected chi connectivity index (χ2v) is 6.12. The van der Waals surface area contributed by atoms with Crippen molar-refractivity contribution in [3.05, 3.63) is 40.4 Å². The zero-order chi connectivity index (χ0) is 14.4. The first-order chi connectivity index (χ1) is 9.65. The Bertz CT molecular complexity index is 487. The Hall–Kier alpha value is -1.13. The molecule has 0 heterocycles. The van der Waals surface area contributed by atoms with Crippen LogP contribution in [0, 0.1) is 0 Å². The molecule has 1 aliphatic rings. The summed E-state index contributed by atoms with van der Waals surface area (Å²) in [5.41, 5.74) is 0.968. The molecule has 108 valence electrons. The lowest BCUT2D eigenvalue weighted by molar-refractivity contribution is -0.118. The van der Waals surface area contributed by atoms with E-state index in [9.17, 15) is 9.90 Å². The monoisotopic (exact) mass is 337 g/mol. The van der Waals surface area contributed by atoms with Crippen molar-refractivity contribution in [1.82, 2.24) is 5.32 Å². The number of aliphatic hydroxyl groups excluding tert-OH is 1. The lowest BCUT2D eigenvalue weighted by Crippen LogP contribution is -2.41. The summed E-state index contributed by atoms with van der Waals surface area (Å²) in [4.78, 5) is 11.9. The molecular formula is C16H20BrNO2. The molecule has 1 amide bonds. The Morgan fingerprint density at radius 1 is 1.30 bits per heavy atom. The largest absolute Gasteiger partial charge is 0.391 e. The Kier molecular flexibility index (Phi) is 5.80. The van der Waals surface area contributed by atoms with Crippen molar-refractivity contribution >= 4 is 27.9 Å². The standard InChI is InChI=1S/C16H20BrNO2/c17-13-6-4-5-12(11-13)9-10-16(20)18-14-7-2-1-3-8-15(14)19/h4-6,9-11,14-15,19H,1-3,7-8H2,(H,18,20)/b10-9+. The summed E-state index contributed by atoms with van der Waals surface area (Å²) >= 11 is 3.40. The fourth-order valence-electron chi connectivity index (χ4n) is 2.47. The average molecular weight is 338 g/mol. The van der Waals surface area contributed by atoms with Crippen molar-refractivity contribution in [3.8, 4) is 0 Å². The van der Waals surface area contributed by atoms with Crippen LogP contribution in [0.3, 0.4) is 0 Å². The number of aliphatic hydroxyl groups is 1. The van der Waals surface area contributed by atoms with Gasteiger partial charge in [-0.2, -0.15) is 0 Å². The number of amides is 1. The number of halogens is 1. The Balaban J connectivity index is 1.91. The van der Waals surface area contributed by atoms with Gasteiger partial charge in [-0.15, -0.1) is 0 Å². The first-order valence-electron chi connectivity index (χ1n) is 7.07. The quantitative estimate of drug-likeness (QED) is 0.656. The summed E-state index contributed by atoms with van der Waals surface area (Å²) in [5, 5.41) is 12.9. The molecule has 3 nitrogen and oxygen atoms in total. The van der Waals surface area contributed by atoms with E-state index in [0.717, 1.165) is 42.1 Å². The highest BCUT2D eigenvalue weighted by Gasteiger charge is 2.22. The van der Waals surface area contributed by atoms with Gasteiger partial charge in [-0.3, -0.25) is 4.79 Å². The smallest absolute Gasteiger partial charge is 0.244 e. The number of hydrogen-bond donors (Lipinski definition) is 2. The van der Waals surface area contributed by atoms with Gasteiger partial charge in [0.2, 0.25) is 5.91 Å². The molecule has 0 radical (unpaired) electrons. The van der Waals surface area contributed by atoms with Crippen LogP contribution < -0.4 is 5.32 Å². The summed E-state index contributed by atoms with van der Waals surface area (Å²) < 4.78 is 0.985. The van der Waals surface area contributed by atoms with Gasteiger partial charge in [0.1, 0.15) is 0 Å². The zero-order valence-corrected chi connectivity index (χ0v) is 13.0. The van der Waals surface area contributed by atoms with Crippen molar-refractivity contribution in [2.24, 2.45) is 0 Å². The van der Waals surface area contributed by atoms with E-state index in [1.807, 2.05) is 24.3 Å². The van der Waals surface area contributed by atoms with E-state index < -0.39 is 6.10 Å². The average Bonchev–Trinajstić information content (AvgIpc) is 2.62. The van der Waals surface area contributed by atoms with Gasteiger partial charge in [-0.1, -0.05) is 47.3 Å². The predicted molar refractivity (Wildman–Crippen MR) is 84.2 cm³/mol. The first-order valence-corrected chi connectivity index (χ1v) is 7.86. The summed E-state index contributed by atoms with van der Waals surface area (Å²) in [6.45, 7) is 0. The van der Waals surface area contributed by atoms with Crippen LogP contribution in [0.15, 0.2) is 34.8 Å². The van der Waals surface area contributed by atoms with E-state index in [4.69, 9.17) is 0 Å². The molecule has 0 spiro atoms. The third kappa shape index (κ3) is 4.76. The lowest BCUT2D eigenvalue weighted by atomic mass is 10.1. The second-order valence-electron chi connectivity index (χ2n) is 5.21. The molecule has 1 aliphatic carbocycles. The van der Waals surface area contributed by atoms with Crippen LogP contribution >= 0.6 is 15.9 Å². The van der Waals surface area contributed by atoms with Crippen LogP contribution in [-0.4, -0.2) is 23.2 Å². The molecule has 1 aromatic rings. The number of carbonyl (C=O) groups excluding carboxylic acids is 1. The fourth-order valence-corrected chi connectivity index (χ4v) is 2.89. The van der Waals surface area contributed by atoms with E-state index >= 15 is 0 Å². The molecule has 1 aromatic carbocycles. The van der Waals surface area contributed by atoms with E-state index in [2.05, 4.69) is 21.2 Å². The maximum atomic E-state index is 11.9. The number of nitrogens with one attached hydrogen (secondary N) is 1. The van der Waals surface area contributed by atoms with Gasteiger partial charge >= 0.3 is 0 Å². The Labute approximate surface area is 128 Å². The second kappa shape index (κ2) is 7.60. The molecule has 2 rings (SSSR count). The van der Waals surface area contributed by atoms with Gasteiger partial charge in [0.25, 0.3) is 0 Å². The molecular weight excluding hydrogens is 318 g/mol. The van der Waals surface area contributed by atoms with Crippen molar-refractivity contribution in [2.75, 3.05) is 0 Å². The summed E-state index contributed by atoms with van der Waals surface area (Å²) in [7, 11) is 0. The molecule has 4 heteroatoms. The maximum absolute atomic E-state index is 11.9. The highest BCUT2D eigenvalue weighted by Crippen LogP contribution is 2.18. The normalized spacial score (nSPS) is 23.5. The van der Waals surface area contributed by atoms with Gasteiger partial charge in [-0.05, 0) is 36.6 Å². The SMILES string of the molecule is O=C(/C=C/c1cccc(Br)c1)NC1CCCCCC1O. The van der Waals surface area contributed by atoms with Crippen molar-refractivity contribution in [2.45, 2.75) is 44.2 Å². The van der Waals surface area contributed by atoms with Crippen LogP contribution in [0.5, 0.6) is 0 Å². The molecule has 2 unspecified atom stereocenters.